The molecule has 1 fully saturated rings. The second-order valence-electron chi connectivity index (χ2n) is 8.29. The predicted octanol–water partition coefficient (Wildman–Crippen LogP) is 3.67. The molecule has 1 aliphatic heterocycles. The van der Waals surface area contributed by atoms with Gasteiger partial charge in [-0.2, -0.15) is 0 Å². The highest BCUT2D eigenvalue weighted by atomic mass is 16.1. The van der Waals surface area contributed by atoms with Crippen molar-refractivity contribution in [1.29, 1.82) is 0 Å². The molecule has 0 bridgehead atoms. The Balaban J connectivity index is 1.47. The lowest BCUT2D eigenvalue weighted by atomic mass is 10.1. The molecule has 0 radical (unpaired) electrons. The van der Waals surface area contributed by atoms with Crippen LogP contribution in [0.5, 0.6) is 0 Å². The van der Waals surface area contributed by atoms with Gasteiger partial charge in [0.25, 0.3) is 5.56 Å². The first-order valence-electron chi connectivity index (χ1n) is 11.1. The van der Waals surface area contributed by atoms with Crippen LogP contribution in [0.1, 0.15) is 11.1 Å². The van der Waals surface area contributed by atoms with Gasteiger partial charge in [0.15, 0.2) is 0 Å². The van der Waals surface area contributed by atoms with Crippen molar-refractivity contribution in [2.75, 3.05) is 36.0 Å². The van der Waals surface area contributed by atoms with E-state index in [-0.39, 0.29) is 5.56 Å². The van der Waals surface area contributed by atoms with Gasteiger partial charge in [0, 0.05) is 38.9 Å². The van der Waals surface area contributed by atoms with Gasteiger partial charge in [0.05, 0.1) is 10.9 Å². The van der Waals surface area contributed by atoms with Gasteiger partial charge >= 0.3 is 0 Å². The monoisotopic (exact) mass is 425 g/mol. The Kier molecular flexibility index (Phi) is 5.58. The number of anilines is 2. The highest BCUT2D eigenvalue weighted by molar-refractivity contribution is 5.79. The summed E-state index contributed by atoms with van der Waals surface area (Å²) in [4.78, 5) is 27.5. The first kappa shape index (κ1) is 20.2. The predicted molar refractivity (Wildman–Crippen MR) is 130 cm³/mol. The Morgan fingerprint density at radius 3 is 2.38 bits per heavy atom. The summed E-state index contributed by atoms with van der Waals surface area (Å²) < 4.78 is 1.87. The molecule has 162 valence electrons. The van der Waals surface area contributed by atoms with Crippen LogP contribution in [0, 0.1) is 6.92 Å². The van der Waals surface area contributed by atoms with Crippen LogP contribution in [0.15, 0.2) is 77.7 Å². The van der Waals surface area contributed by atoms with E-state index in [2.05, 4.69) is 26.9 Å². The fraction of sp³-hybridized carbons (Fsp3) is 0.269. The van der Waals surface area contributed by atoms with E-state index in [1.807, 2.05) is 72.3 Å². The number of hydrogen-bond donors (Lipinski definition) is 0. The summed E-state index contributed by atoms with van der Waals surface area (Å²) in [5, 5.41) is 0.689. The first-order chi connectivity index (χ1) is 15.7. The Hall–Kier alpha value is -3.67. The van der Waals surface area contributed by atoms with Crippen molar-refractivity contribution in [3.63, 3.8) is 0 Å². The largest absolute Gasteiger partial charge is 0.353 e. The van der Waals surface area contributed by atoms with E-state index in [0.29, 0.717) is 11.9 Å². The van der Waals surface area contributed by atoms with E-state index in [4.69, 9.17) is 4.98 Å². The number of benzene rings is 2. The van der Waals surface area contributed by atoms with Crippen molar-refractivity contribution < 1.29 is 0 Å². The summed E-state index contributed by atoms with van der Waals surface area (Å²) in [7, 11) is 0. The van der Waals surface area contributed by atoms with Crippen LogP contribution in [0.4, 0.5) is 11.8 Å². The number of hydrogen-bond acceptors (Lipinski definition) is 5. The SMILES string of the molecule is Cc1ccc2nc(N3CCN(c4ccccn4)CC3)n(CCc3ccccc3)c(=O)c2c1. The molecule has 2 aromatic carbocycles. The topological polar surface area (TPSA) is 54.3 Å². The summed E-state index contributed by atoms with van der Waals surface area (Å²) in [5.41, 5.74) is 3.09. The maximum atomic E-state index is 13.5. The summed E-state index contributed by atoms with van der Waals surface area (Å²) in [6.07, 6.45) is 2.62. The zero-order valence-electron chi connectivity index (χ0n) is 18.3. The Bertz CT molecular complexity index is 1260. The molecule has 0 spiro atoms. The molecular formula is C26H27N5O. The average molecular weight is 426 g/mol. The fourth-order valence-electron chi connectivity index (χ4n) is 4.33. The maximum absolute atomic E-state index is 13.5. The third-order valence-electron chi connectivity index (χ3n) is 6.09. The van der Waals surface area contributed by atoms with Crippen LogP contribution in [-0.2, 0) is 13.0 Å². The number of aryl methyl sites for hydroxylation is 2. The minimum absolute atomic E-state index is 0.0387. The molecule has 1 aliphatic rings. The van der Waals surface area contributed by atoms with Crippen LogP contribution in [0.2, 0.25) is 0 Å². The summed E-state index contributed by atoms with van der Waals surface area (Å²) >= 11 is 0. The van der Waals surface area contributed by atoms with Gasteiger partial charge < -0.3 is 9.80 Å². The summed E-state index contributed by atoms with van der Waals surface area (Å²) in [5.74, 6) is 1.76. The zero-order chi connectivity index (χ0) is 21.9. The standard InChI is InChI=1S/C26H27N5O/c1-20-10-11-23-22(19-20)25(32)31(14-12-21-7-3-2-4-8-21)26(28-23)30-17-15-29(16-18-30)24-9-5-6-13-27-24/h2-11,13,19H,12,14-18H2,1H3. The highest BCUT2D eigenvalue weighted by Gasteiger charge is 2.23. The van der Waals surface area contributed by atoms with Crippen molar-refractivity contribution in [3.8, 4) is 0 Å². The molecule has 5 rings (SSSR count). The molecule has 3 heterocycles. The maximum Gasteiger partial charge on any atom is 0.262 e. The highest BCUT2D eigenvalue weighted by Crippen LogP contribution is 2.20. The number of aromatic nitrogens is 3. The minimum atomic E-state index is 0.0387. The molecule has 2 aromatic heterocycles. The molecule has 0 amide bonds. The van der Waals surface area contributed by atoms with Gasteiger partial charge in [-0.05, 0) is 43.2 Å². The second kappa shape index (κ2) is 8.83. The van der Waals surface area contributed by atoms with E-state index < -0.39 is 0 Å². The first-order valence-corrected chi connectivity index (χ1v) is 11.1. The van der Waals surface area contributed by atoms with Crippen LogP contribution in [0.25, 0.3) is 10.9 Å². The molecule has 0 atom stereocenters. The van der Waals surface area contributed by atoms with Crippen molar-refractivity contribution >= 4 is 22.7 Å². The lowest BCUT2D eigenvalue weighted by Crippen LogP contribution is -2.48. The molecule has 4 aromatic rings. The third kappa shape index (κ3) is 4.08. The van der Waals surface area contributed by atoms with Gasteiger partial charge in [-0.25, -0.2) is 9.97 Å². The Morgan fingerprint density at radius 1 is 0.875 bits per heavy atom. The molecule has 0 N–H and O–H groups in total. The van der Waals surface area contributed by atoms with Gasteiger partial charge in [0.2, 0.25) is 5.95 Å². The zero-order valence-corrected chi connectivity index (χ0v) is 18.3. The van der Waals surface area contributed by atoms with Gasteiger partial charge in [-0.3, -0.25) is 9.36 Å². The normalized spacial score (nSPS) is 14.2. The smallest absolute Gasteiger partial charge is 0.262 e. The Labute approximate surface area is 187 Å². The number of nitrogens with zero attached hydrogens (tertiary/aromatic N) is 5. The van der Waals surface area contributed by atoms with E-state index in [1.165, 1.54) is 5.56 Å². The molecule has 0 saturated carbocycles. The van der Waals surface area contributed by atoms with E-state index in [9.17, 15) is 4.79 Å². The van der Waals surface area contributed by atoms with E-state index in [0.717, 1.165) is 55.4 Å². The summed E-state index contributed by atoms with van der Waals surface area (Å²) in [6, 6.07) is 22.2. The molecule has 1 saturated heterocycles. The molecular weight excluding hydrogens is 398 g/mol. The number of piperazine rings is 1. The Morgan fingerprint density at radius 2 is 1.62 bits per heavy atom. The lowest BCUT2D eigenvalue weighted by molar-refractivity contribution is 0.590. The van der Waals surface area contributed by atoms with Crippen LogP contribution >= 0.6 is 0 Å². The van der Waals surface area contributed by atoms with Crippen molar-refractivity contribution in [2.24, 2.45) is 0 Å². The molecule has 6 heteroatoms. The van der Waals surface area contributed by atoms with E-state index >= 15 is 0 Å². The van der Waals surface area contributed by atoms with Gasteiger partial charge in [0.1, 0.15) is 5.82 Å². The number of rotatable bonds is 5. The van der Waals surface area contributed by atoms with Crippen LogP contribution in [0.3, 0.4) is 0 Å². The summed E-state index contributed by atoms with van der Waals surface area (Å²) in [6.45, 7) is 5.90. The third-order valence-corrected chi connectivity index (χ3v) is 6.09. The molecule has 6 nitrogen and oxygen atoms in total. The number of fused-ring (bicyclic) bond motifs is 1. The quantitative estimate of drug-likeness (QED) is 0.488. The van der Waals surface area contributed by atoms with Gasteiger partial charge in [-0.1, -0.05) is 48.0 Å². The lowest BCUT2D eigenvalue weighted by Gasteiger charge is -2.36. The molecule has 0 aliphatic carbocycles. The number of pyridine rings is 1. The van der Waals surface area contributed by atoms with E-state index in [1.54, 1.807) is 0 Å². The average Bonchev–Trinajstić information content (AvgIpc) is 2.85. The molecule has 32 heavy (non-hydrogen) atoms. The minimum Gasteiger partial charge on any atom is -0.353 e. The van der Waals surface area contributed by atoms with Gasteiger partial charge in [-0.15, -0.1) is 0 Å². The van der Waals surface area contributed by atoms with Crippen LogP contribution < -0.4 is 15.4 Å². The second-order valence-corrected chi connectivity index (χ2v) is 8.29. The molecule has 0 unspecified atom stereocenters. The van der Waals surface area contributed by atoms with Crippen molar-refractivity contribution in [2.45, 2.75) is 19.9 Å². The van der Waals surface area contributed by atoms with Crippen molar-refractivity contribution in [3.05, 3.63) is 94.4 Å². The van der Waals surface area contributed by atoms with Crippen molar-refractivity contribution in [1.82, 2.24) is 14.5 Å². The van der Waals surface area contributed by atoms with Crippen LogP contribution in [-0.4, -0.2) is 40.7 Å². The fourth-order valence-corrected chi connectivity index (χ4v) is 4.33.